The normalized spacial score (nSPS) is 13.5. The van der Waals surface area contributed by atoms with E-state index in [1.165, 1.54) is 11.1 Å². The number of aliphatic imine (C=N–C) groups is 1. The zero-order valence-electron chi connectivity index (χ0n) is 18.0. The van der Waals surface area contributed by atoms with Gasteiger partial charge in [0.05, 0.1) is 6.54 Å². The Balaban J connectivity index is 0.00000272. The second-order valence-corrected chi connectivity index (χ2v) is 7.53. The van der Waals surface area contributed by atoms with Gasteiger partial charge in [0.1, 0.15) is 17.9 Å². The van der Waals surface area contributed by atoms with Crippen LogP contribution in [0.15, 0.2) is 57.9 Å². The third-order valence-electron chi connectivity index (χ3n) is 5.56. The van der Waals surface area contributed by atoms with E-state index >= 15 is 0 Å². The Bertz CT molecular complexity index is 1080. The van der Waals surface area contributed by atoms with Crippen LogP contribution in [0.5, 0.6) is 0 Å². The minimum Gasteiger partial charge on any atom is -0.459 e. The zero-order chi connectivity index (χ0) is 20.9. The molecule has 0 saturated heterocycles. The van der Waals surface area contributed by atoms with Gasteiger partial charge in [-0.25, -0.2) is 4.99 Å². The lowest BCUT2D eigenvalue weighted by molar-refractivity contribution is -0.130. The van der Waals surface area contributed by atoms with Crippen molar-refractivity contribution in [3.05, 3.63) is 71.0 Å². The van der Waals surface area contributed by atoms with Crippen LogP contribution in [0.4, 0.5) is 0 Å². The lowest BCUT2D eigenvalue weighted by Crippen LogP contribution is -2.40. The van der Waals surface area contributed by atoms with Crippen molar-refractivity contribution in [3.8, 4) is 0 Å². The van der Waals surface area contributed by atoms with Crippen LogP contribution in [0.2, 0.25) is 0 Å². The number of furan rings is 1. The highest BCUT2D eigenvalue weighted by molar-refractivity contribution is 14.0. The standard InChI is InChI=1S/C24H28N4O2.HI/c1-3-25-24(26-14-22-17(2)20-10-6-7-11-21(20)30-22)27-15-23(29)28-13-12-18-8-4-5-9-19(18)16-28;/h4-11H,3,12-16H2,1-2H3,(H2,25,26,27);1H. The van der Waals surface area contributed by atoms with Gasteiger partial charge in [-0.05, 0) is 37.5 Å². The molecule has 1 aliphatic rings. The topological polar surface area (TPSA) is 69.9 Å². The van der Waals surface area contributed by atoms with Crippen LogP contribution >= 0.6 is 24.0 Å². The molecule has 7 heteroatoms. The van der Waals surface area contributed by atoms with Crippen molar-refractivity contribution in [2.45, 2.75) is 33.4 Å². The van der Waals surface area contributed by atoms with Crippen molar-refractivity contribution >= 4 is 46.8 Å². The van der Waals surface area contributed by atoms with Gasteiger partial charge in [-0.3, -0.25) is 4.79 Å². The molecular weight excluding hydrogens is 503 g/mol. The smallest absolute Gasteiger partial charge is 0.244 e. The highest BCUT2D eigenvalue weighted by Gasteiger charge is 2.20. The number of fused-ring (bicyclic) bond motifs is 2. The van der Waals surface area contributed by atoms with Gasteiger partial charge < -0.3 is 20.0 Å². The first-order valence-electron chi connectivity index (χ1n) is 10.5. The fourth-order valence-electron chi connectivity index (χ4n) is 3.85. The summed E-state index contributed by atoms with van der Waals surface area (Å²) < 4.78 is 5.96. The number of nitrogens with one attached hydrogen (secondary N) is 2. The van der Waals surface area contributed by atoms with Gasteiger partial charge in [-0.1, -0.05) is 42.5 Å². The molecule has 0 atom stereocenters. The molecule has 164 valence electrons. The third kappa shape index (κ3) is 5.39. The number of hydrogen-bond donors (Lipinski definition) is 2. The van der Waals surface area contributed by atoms with Crippen LogP contribution in [0.1, 0.15) is 29.4 Å². The molecule has 1 aliphatic heterocycles. The van der Waals surface area contributed by atoms with E-state index in [1.54, 1.807) is 0 Å². The van der Waals surface area contributed by atoms with E-state index in [0.717, 1.165) is 41.8 Å². The summed E-state index contributed by atoms with van der Waals surface area (Å²) in [6.07, 6.45) is 0.898. The molecule has 0 unspecified atom stereocenters. The molecule has 6 nitrogen and oxygen atoms in total. The Kier molecular flexibility index (Phi) is 7.95. The van der Waals surface area contributed by atoms with Crippen LogP contribution in [0, 0.1) is 6.92 Å². The summed E-state index contributed by atoms with van der Waals surface area (Å²) in [7, 11) is 0. The minimum absolute atomic E-state index is 0. The summed E-state index contributed by atoms with van der Waals surface area (Å²) in [5.74, 6) is 1.53. The summed E-state index contributed by atoms with van der Waals surface area (Å²) in [6, 6.07) is 16.3. The van der Waals surface area contributed by atoms with Crippen LogP contribution < -0.4 is 10.6 Å². The fraction of sp³-hybridized carbons (Fsp3) is 0.333. The van der Waals surface area contributed by atoms with Crippen molar-refractivity contribution in [2.24, 2.45) is 4.99 Å². The van der Waals surface area contributed by atoms with Crippen LogP contribution in [0.25, 0.3) is 11.0 Å². The largest absolute Gasteiger partial charge is 0.459 e. The Hall–Kier alpha value is -2.55. The molecule has 2 aromatic carbocycles. The molecule has 2 N–H and O–H groups in total. The van der Waals surface area contributed by atoms with E-state index in [1.807, 2.05) is 36.1 Å². The molecule has 1 aromatic heterocycles. The number of carbonyl (C=O) groups is 1. The van der Waals surface area contributed by atoms with E-state index in [4.69, 9.17) is 4.42 Å². The Morgan fingerprint density at radius 1 is 1.10 bits per heavy atom. The number of hydrogen-bond acceptors (Lipinski definition) is 3. The van der Waals surface area contributed by atoms with Crippen LogP contribution in [0.3, 0.4) is 0 Å². The number of amides is 1. The number of nitrogens with zero attached hydrogens (tertiary/aromatic N) is 2. The van der Waals surface area contributed by atoms with Crippen molar-refractivity contribution in [1.29, 1.82) is 0 Å². The maximum atomic E-state index is 12.7. The minimum atomic E-state index is 0. The maximum Gasteiger partial charge on any atom is 0.244 e. The zero-order valence-corrected chi connectivity index (χ0v) is 20.3. The summed E-state index contributed by atoms with van der Waals surface area (Å²) in [6.45, 7) is 6.82. The van der Waals surface area contributed by atoms with E-state index in [2.05, 4.69) is 46.8 Å². The molecule has 2 heterocycles. The summed E-state index contributed by atoms with van der Waals surface area (Å²) in [5.41, 5.74) is 4.57. The number of guanidine groups is 1. The van der Waals surface area contributed by atoms with Gasteiger partial charge in [0.25, 0.3) is 0 Å². The van der Waals surface area contributed by atoms with E-state index in [9.17, 15) is 4.79 Å². The predicted molar refractivity (Wildman–Crippen MR) is 135 cm³/mol. The summed E-state index contributed by atoms with van der Waals surface area (Å²) in [5, 5.41) is 7.62. The van der Waals surface area contributed by atoms with Crippen LogP contribution in [-0.2, 0) is 24.3 Å². The van der Waals surface area contributed by atoms with E-state index in [-0.39, 0.29) is 36.4 Å². The van der Waals surface area contributed by atoms with Crippen molar-refractivity contribution in [3.63, 3.8) is 0 Å². The highest BCUT2D eigenvalue weighted by atomic mass is 127. The summed E-state index contributed by atoms with van der Waals surface area (Å²) in [4.78, 5) is 19.1. The van der Waals surface area contributed by atoms with Crippen molar-refractivity contribution in [1.82, 2.24) is 15.5 Å². The lowest BCUT2D eigenvalue weighted by Gasteiger charge is -2.28. The van der Waals surface area contributed by atoms with Gasteiger partial charge >= 0.3 is 0 Å². The predicted octanol–water partition coefficient (Wildman–Crippen LogP) is 4.00. The average molecular weight is 532 g/mol. The molecule has 0 bridgehead atoms. The van der Waals surface area contributed by atoms with Gasteiger partial charge in [0.15, 0.2) is 5.96 Å². The first-order valence-corrected chi connectivity index (χ1v) is 10.5. The molecule has 4 rings (SSSR count). The quantitative estimate of drug-likeness (QED) is 0.296. The molecule has 0 radical (unpaired) electrons. The first kappa shape index (κ1) is 23.1. The molecular formula is C24H29IN4O2. The van der Waals surface area contributed by atoms with Gasteiger partial charge in [0, 0.05) is 30.6 Å². The van der Waals surface area contributed by atoms with Crippen molar-refractivity contribution < 1.29 is 9.21 Å². The maximum absolute atomic E-state index is 12.7. The number of rotatable bonds is 5. The number of benzene rings is 2. The number of aryl methyl sites for hydroxylation is 1. The molecule has 0 spiro atoms. The third-order valence-corrected chi connectivity index (χ3v) is 5.56. The van der Waals surface area contributed by atoms with Crippen molar-refractivity contribution in [2.75, 3.05) is 19.6 Å². The highest BCUT2D eigenvalue weighted by Crippen LogP contribution is 2.24. The van der Waals surface area contributed by atoms with E-state index in [0.29, 0.717) is 19.0 Å². The second-order valence-electron chi connectivity index (χ2n) is 7.53. The number of halogens is 1. The Morgan fingerprint density at radius 2 is 1.84 bits per heavy atom. The average Bonchev–Trinajstić information content (AvgIpc) is 3.11. The van der Waals surface area contributed by atoms with Gasteiger partial charge in [-0.15, -0.1) is 24.0 Å². The second kappa shape index (κ2) is 10.7. The number of para-hydroxylation sites is 1. The van der Waals surface area contributed by atoms with Gasteiger partial charge in [0.2, 0.25) is 5.91 Å². The molecule has 0 saturated carbocycles. The van der Waals surface area contributed by atoms with E-state index < -0.39 is 0 Å². The SMILES string of the molecule is CCNC(=NCC(=O)N1CCc2ccccc2C1)NCc1oc2ccccc2c1C.I. The summed E-state index contributed by atoms with van der Waals surface area (Å²) >= 11 is 0. The Labute approximate surface area is 200 Å². The van der Waals surface area contributed by atoms with Crippen LogP contribution in [-0.4, -0.2) is 36.4 Å². The Morgan fingerprint density at radius 3 is 2.61 bits per heavy atom. The molecule has 0 aliphatic carbocycles. The monoisotopic (exact) mass is 532 g/mol. The molecule has 0 fully saturated rings. The molecule has 1 amide bonds. The molecule has 31 heavy (non-hydrogen) atoms. The fourth-order valence-corrected chi connectivity index (χ4v) is 3.85. The van der Waals surface area contributed by atoms with Gasteiger partial charge in [-0.2, -0.15) is 0 Å². The first-order chi connectivity index (χ1) is 14.7. The number of carbonyl (C=O) groups excluding carboxylic acids is 1. The molecule has 3 aromatic rings. The lowest BCUT2D eigenvalue weighted by atomic mass is 10.00.